The molecular formula is C19H25N3O2S. The van der Waals surface area contributed by atoms with Gasteiger partial charge in [0, 0.05) is 13.1 Å². The van der Waals surface area contributed by atoms with Gasteiger partial charge in [-0.05, 0) is 49.8 Å². The molecule has 1 saturated heterocycles. The molecule has 1 fully saturated rings. The van der Waals surface area contributed by atoms with Crippen molar-refractivity contribution in [1.82, 2.24) is 4.98 Å². The molecule has 1 aliphatic rings. The minimum Gasteiger partial charge on any atom is -0.370 e. The second-order valence-electron chi connectivity index (χ2n) is 6.46. The van der Waals surface area contributed by atoms with Crippen LogP contribution in [0.2, 0.25) is 0 Å². The lowest BCUT2D eigenvalue weighted by Gasteiger charge is -2.28. The van der Waals surface area contributed by atoms with Gasteiger partial charge in [0.05, 0.1) is 17.6 Å². The quantitative estimate of drug-likeness (QED) is 0.822. The summed E-state index contributed by atoms with van der Waals surface area (Å²) in [6.07, 6.45) is 6.79. The molecule has 0 atom stereocenters. The van der Waals surface area contributed by atoms with Crippen molar-refractivity contribution in [3.8, 4) is 0 Å². The molecule has 1 N–H and O–H groups in total. The average molecular weight is 359 g/mol. The Morgan fingerprint density at radius 1 is 1.00 bits per heavy atom. The fraction of sp³-hybridized carbons (Fsp3) is 0.421. The number of piperidine rings is 1. The van der Waals surface area contributed by atoms with Gasteiger partial charge < -0.3 is 4.90 Å². The maximum absolute atomic E-state index is 12.2. The summed E-state index contributed by atoms with van der Waals surface area (Å²) in [6.45, 7) is 2.10. The molecule has 0 aliphatic carbocycles. The smallest absolute Gasteiger partial charge is 0.233 e. The minimum absolute atomic E-state index is 0.0947. The Bertz CT molecular complexity index is 755. The number of nitrogens with zero attached hydrogens (tertiary/aromatic N) is 2. The van der Waals surface area contributed by atoms with Crippen LogP contribution in [0.5, 0.6) is 0 Å². The predicted octanol–water partition coefficient (Wildman–Crippen LogP) is 3.45. The number of rotatable bonds is 7. The molecule has 0 saturated carbocycles. The molecule has 0 spiro atoms. The number of aryl methyl sites for hydroxylation is 1. The molecule has 134 valence electrons. The standard InChI is InChI=1S/C19H25N3O2S/c23-25(24,15-7-10-17-8-3-1-4-9-17)21-19-12-11-18(16-20-19)22-13-5-2-6-14-22/h1,3-4,8-9,11-12,16H,2,5-7,10,13-15H2,(H,20,21). The van der Waals surface area contributed by atoms with Crippen molar-refractivity contribution in [2.75, 3.05) is 28.5 Å². The van der Waals surface area contributed by atoms with Gasteiger partial charge >= 0.3 is 0 Å². The Hall–Kier alpha value is -2.08. The van der Waals surface area contributed by atoms with E-state index in [0.717, 1.165) is 30.8 Å². The van der Waals surface area contributed by atoms with Crippen molar-refractivity contribution < 1.29 is 8.42 Å². The van der Waals surface area contributed by atoms with Gasteiger partial charge in [-0.25, -0.2) is 13.4 Å². The normalized spacial score (nSPS) is 15.1. The summed E-state index contributed by atoms with van der Waals surface area (Å²) < 4.78 is 27.0. The fourth-order valence-electron chi connectivity index (χ4n) is 3.11. The first-order valence-corrected chi connectivity index (χ1v) is 10.5. The fourth-order valence-corrected chi connectivity index (χ4v) is 4.17. The first kappa shape index (κ1) is 17.7. The molecule has 0 unspecified atom stereocenters. The van der Waals surface area contributed by atoms with Crippen LogP contribution in [0, 0.1) is 0 Å². The summed E-state index contributed by atoms with van der Waals surface area (Å²) in [5.74, 6) is 0.484. The van der Waals surface area contributed by atoms with E-state index >= 15 is 0 Å². The molecular weight excluding hydrogens is 334 g/mol. The van der Waals surface area contributed by atoms with Crippen LogP contribution in [0.4, 0.5) is 11.5 Å². The third-order valence-electron chi connectivity index (χ3n) is 4.45. The summed E-state index contributed by atoms with van der Waals surface area (Å²) in [6, 6.07) is 13.6. The van der Waals surface area contributed by atoms with Crippen molar-refractivity contribution in [3.63, 3.8) is 0 Å². The highest BCUT2D eigenvalue weighted by molar-refractivity contribution is 7.92. The molecule has 0 bridgehead atoms. The predicted molar refractivity (Wildman–Crippen MR) is 102 cm³/mol. The molecule has 3 rings (SSSR count). The highest BCUT2D eigenvalue weighted by atomic mass is 32.2. The van der Waals surface area contributed by atoms with Crippen molar-refractivity contribution >= 4 is 21.5 Å². The molecule has 2 aromatic rings. The summed E-state index contributed by atoms with van der Waals surface area (Å²) in [4.78, 5) is 6.57. The molecule has 2 heterocycles. The number of anilines is 2. The van der Waals surface area contributed by atoms with Crippen molar-refractivity contribution in [3.05, 3.63) is 54.2 Å². The van der Waals surface area contributed by atoms with Crippen molar-refractivity contribution in [2.45, 2.75) is 32.1 Å². The Morgan fingerprint density at radius 2 is 1.76 bits per heavy atom. The summed E-state index contributed by atoms with van der Waals surface area (Å²) >= 11 is 0. The Morgan fingerprint density at radius 3 is 2.44 bits per heavy atom. The number of aromatic nitrogens is 1. The SMILES string of the molecule is O=S(=O)(CCCc1ccccc1)Nc1ccc(N2CCCCC2)cn1. The monoisotopic (exact) mass is 359 g/mol. The second kappa shape index (κ2) is 8.34. The van der Waals surface area contributed by atoms with E-state index in [1.54, 1.807) is 12.3 Å². The van der Waals surface area contributed by atoms with Gasteiger partial charge in [-0.15, -0.1) is 0 Å². The van der Waals surface area contributed by atoms with E-state index in [1.807, 2.05) is 36.4 Å². The van der Waals surface area contributed by atoms with Crippen molar-refractivity contribution in [2.24, 2.45) is 0 Å². The maximum Gasteiger partial charge on any atom is 0.233 e. The number of pyridine rings is 1. The van der Waals surface area contributed by atoms with E-state index in [2.05, 4.69) is 14.6 Å². The van der Waals surface area contributed by atoms with Crippen molar-refractivity contribution in [1.29, 1.82) is 0 Å². The maximum atomic E-state index is 12.2. The first-order valence-electron chi connectivity index (χ1n) is 8.88. The van der Waals surface area contributed by atoms with Crippen LogP contribution in [-0.4, -0.2) is 32.2 Å². The zero-order chi connectivity index (χ0) is 17.5. The third kappa shape index (κ3) is 5.46. The molecule has 1 aliphatic heterocycles. The zero-order valence-corrected chi connectivity index (χ0v) is 15.2. The largest absolute Gasteiger partial charge is 0.370 e. The first-order chi connectivity index (χ1) is 12.1. The number of nitrogens with one attached hydrogen (secondary N) is 1. The van der Waals surface area contributed by atoms with E-state index in [-0.39, 0.29) is 5.75 Å². The van der Waals surface area contributed by atoms with Gasteiger partial charge in [0.2, 0.25) is 10.0 Å². The second-order valence-corrected chi connectivity index (χ2v) is 8.30. The zero-order valence-electron chi connectivity index (χ0n) is 14.4. The molecule has 5 nitrogen and oxygen atoms in total. The summed E-state index contributed by atoms with van der Waals surface area (Å²) in [5.41, 5.74) is 2.22. The lowest BCUT2D eigenvalue weighted by Crippen LogP contribution is -2.29. The molecule has 0 radical (unpaired) electrons. The number of benzene rings is 1. The lowest BCUT2D eigenvalue weighted by atomic mass is 10.1. The molecule has 1 aromatic carbocycles. The van der Waals surface area contributed by atoms with Crippen LogP contribution in [0.15, 0.2) is 48.7 Å². The lowest BCUT2D eigenvalue weighted by molar-refractivity contribution is 0.577. The highest BCUT2D eigenvalue weighted by Crippen LogP contribution is 2.20. The average Bonchev–Trinajstić information content (AvgIpc) is 2.63. The number of sulfonamides is 1. The highest BCUT2D eigenvalue weighted by Gasteiger charge is 2.13. The number of hydrogen-bond acceptors (Lipinski definition) is 4. The van der Waals surface area contributed by atoms with Crippen LogP contribution in [-0.2, 0) is 16.4 Å². The van der Waals surface area contributed by atoms with Crippen LogP contribution < -0.4 is 9.62 Å². The van der Waals surface area contributed by atoms with Crippen LogP contribution in [0.25, 0.3) is 0 Å². The van der Waals surface area contributed by atoms with Crippen LogP contribution in [0.1, 0.15) is 31.2 Å². The topological polar surface area (TPSA) is 62.3 Å². The summed E-state index contributed by atoms with van der Waals surface area (Å²) in [5, 5.41) is 0. The van der Waals surface area contributed by atoms with Crippen LogP contribution in [0.3, 0.4) is 0 Å². The van der Waals surface area contributed by atoms with Gasteiger partial charge in [0.15, 0.2) is 0 Å². The van der Waals surface area contributed by atoms with Gasteiger partial charge in [-0.3, -0.25) is 4.72 Å². The molecule has 1 aromatic heterocycles. The van der Waals surface area contributed by atoms with E-state index in [1.165, 1.54) is 19.3 Å². The summed E-state index contributed by atoms with van der Waals surface area (Å²) in [7, 11) is -3.37. The van der Waals surface area contributed by atoms with E-state index in [0.29, 0.717) is 12.2 Å². The van der Waals surface area contributed by atoms with E-state index < -0.39 is 10.0 Å². The number of hydrogen-bond donors (Lipinski definition) is 1. The third-order valence-corrected chi connectivity index (χ3v) is 5.80. The van der Waals surface area contributed by atoms with Crippen LogP contribution >= 0.6 is 0 Å². The molecule has 6 heteroatoms. The molecule has 0 amide bonds. The Labute approximate surface area is 150 Å². The van der Waals surface area contributed by atoms with Gasteiger partial charge in [-0.2, -0.15) is 0 Å². The Balaban J connectivity index is 1.51. The van der Waals surface area contributed by atoms with E-state index in [4.69, 9.17) is 0 Å². The van der Waals surface area contributed by atoms with E-state index in [9.17, 15) is 8.42 Å². The van der Waals surface area contributed by atoms with Gasteiger partial charge in [0.25, 0.3) is 0 Å². The van der Waals surface area contributed by atoms with Gasteiger partial charge in [0.1, 0.15) is 5.82 Å². The Kier molecular flexibility index (Phi) is 5.91. The molecule has 25 heavy (non-hydrogen) atoms. The van der Waals surface area contributed by atoms with Gasteiger partial charge in [-0.1, -0.05) is 30.3 Å². The minimum atomic E-state index is -3.37.